The third kappa shape index (κ3) is 2.95. The van der Waals surface area contributed by atoms with Crippen molar-refractivity contribution in [3.05, 3.63) is 28.7 Å². The Balaban J connectivity index is 1.79. The molecule has 2 nitrogen and oxygen atoms in total. The van der Waals surface area contributed by atoms with Crippen LogP contribution in [0.25, 0.3) is 0 Å². The average Bonchev–Trinajstić information content (AvgIpc) is 2.14. The summed E-state index contributed by atoms with van der Waals surface area (Å²) in [5.41, 5.74) is 6.02. The topological polar surface area (TPSA) is 35.2 Å². The van der Waals surface area contributed by atoms with Crippen LogP contribution >= 0.6 is 15.9 Å². The summed E-state index contributed by atoms with van der Waals surface area (Å²) >= 11 is 3.39. The molecular formula is C12H16BrNO. The van der Waals surface area contributed by atoms with Crippen molar-refractivity contribution in [3.63, 3.8) is 0 Å². The monoisotopic (exact) mass is 269 g/mol. The summed E-state index contributed by atoms with van der Waals surface area (Å²) in [6.45, 7) is 0.631. The molecule has 0 bridgehead atoms. The van der Waals surface area contributed by atoms with Gasteiger partial charge in [0.15, 0.2) is 0 Å². The van der Waals surface area contributed by atoms with Crippen LogP contribution in [-0.2, 0) is 0 Å². The lowest BCUT2D eigenvalue weighted by Gasteiger charge is -2.30. The minimum atomic E-state index is 0.197. The molecule has 0 heterocycles. The van der Waals surface area contributed by atoms with E-state index in [1.165, 1.54) is 19.3 Å². The molecule has 0 amide bonds. The fourth-order valence-electron chi connectivity index (χ4n) is 1.73. The van der Waals surface area contributed by atoms with E-state index in [0.29, 0.717) is 12.5 Å². The minimum Gasteiger partial charge on any atom is -0.492 e. The fraction of sp³-hybridized carbons (Fsp3) is 0.500. The molecule has 1 fully saturated rings. The second-order valence-electron chi connectivity index (χ2n) is 4.12. The first-order chi connectivity index (χ1) is 7.25. The highest BCUT2D eigenvalue weighted by Gasteiger charge is 2.24. The largest absolute Gasteiger partial charge is 0.492 e. The summed E-state index contributed by atoms with van der Waals surface area (Å²) in [4.78, 5) is 0. The third-order valence-electron chi connectivity index (χ3n) is 3.01. The van der Waals surface area contributed by atoms with E-state index >= 15 is 0 Å². The van der Waals surface area contributed by atoms with E-state index in [0.717, 1.165) is 10.2 Å². The average molecular weight is 270 g/mol. The van der Waals surface area contributed by atoms with Crippen LogP contribution in [0.4, 0.5) is 0 Å². The first kappa shape index (κ1) is 11.0. The Hall–Kier alpha value is -0.540. The normalized spacial score (nSPS) is 18.3. The Morgan fingerprint density at radius 2 is 2.00 bits per heavy atom. The van der Waals surface area contributed by atoms with E-state index in [9.17, 15) is 0 Å². The Morgan fingerprint density at radius 3 is 2.53 bits per heavy atom. The van der Waals surface area contributed by atoms with E-state index in [-0.39, 0.29) is 6.04 Å². The molecule has 1 atom stereocenters. The first-order valence-electron chi connectivity index (χ1n) is 5.39. The van der Waals surface area contributed by atoms with Crippen LogP contribution in [0.2, 0.25) is 0 Å². The van der Waals surface area contributed by atoms with Gasteiger partial charge >= 0.3 is 0 Å². The molecule has 0 spiro atoms. The van der Waals surface area contributed by atoms with Gasteiger partial charge in [0.1, 0.15) is 12.4 Å². The molecule has 0 radical (unpaired) electrons. The molecule has 82 valence electrons. The summed E-state index contributed by atoms with van der Waals surface area (Å²) < 4.78 is 6.70. The van der Waals surface area contributed by atoms with Gasteiger partial charge in [-0.1, -0.05) is 22.4 Å². The molecule has 1 unspecified atom stereocenters. The zero-order chi connectivity index (χ0) is 10.7. The van der Waals surface area contributed by atoms with Gasteiger partial charge in [0.05, 0.1) is 0 Å². The number of rotatable bonds is 4. The van der Waals surface area contributed by atoms with Crippen molar-refractivity contribution in [2.24, 2.45) is 11.7 Å². The van der Waals surface area contributed by atoms with Gasteiger partial charge in [-0.25, -0.2) is 0 Å². The van der Waals surface area contributed by atoms with Crippen molar-refractivity contribution in [2.75, 3.05) is 6.61 Å². The fourth-order valence-corrected chi connectivity index (χ4v) is 1.99. The number of hydrogen-bond donors (Lipinski definition) is 1. The second kappa shape index (κ2) is 4.99. The molecule has 1 saturated carbocycles. The maximum Gasteiger partial charge on any atom is 0.119 e. The first-order valence-corrected chi connectivity index (χ1v) is 6.19. The highest BCUT2D eigenvalue weighted by Crippen LogP contribution is 2.29. The van der Waals surface area contributed by atoms with Gasteiger partial charge in [-0.15, -0.1) is 0 Å². The molecule has 0 aliphatic heterocycles. The van der Waals surface area contributed by atoms with Crippen LogP contribution < -0.4 is 10.5 Å². The van der Waals surface area contributed by atoms with E-state index < -0.39 is 0 Å². The lowest BCUT2D eigenvalue weighted by Crippen LogP contribution is -2.39. The summed E-state index contributed by atoms with van der Waals surface area (Å²) in [6, 6.07) is 8.06. The van der Waals surface area contributed by atoms with Gasteiger partial charge in [-0.3, -0.25) is 0 Å². The molecule has 2 N–H and O–H groups in total. The van der Waals surface area contributed by atoms with Crippen LogP contribution in [0, 0.1) is 5.92 Å². The maximum atomic E-state index is 6.02. The minimum absolute atomic E-state index is 0.197. The van der Waals surface area contributed by atoms with Crippen LogP contribution in [0.15, 0.2) is 28.7 Å². The van der Waals surface area contributed by atoms with Gasteiger partial charge < -0.3 is 10.5 Å². The molecule has 1 aliphatic carbocycles. The standard InChI is InChI=1S/C12H16BrNO/c13-10-4-6-11(7-5-10)15-8-12(14)9-2-1-3-9/h4-7,9,12H,1-3,8,14H2. The molecule has 1 aromatic carbocycles. The van der Waals surface area contributed by atoms with Crippen LogP contribution in [0.5, 0.6) is 5.75 Å². The van der Waals surface area contributed by atoms with E-state index in [1.54, 1.807) is 0 Å². The number of nitrogens with two attached hydrogens (primary N) is 1. The van der Waals surface area contributed by atoms with E-state index in [4.69, 9.17) is 10.5 Å². The van der Waals surface area contributed by atoms with E-state index in [1.807, 2.05) is 24.3 Å². The number of halogens is 1. The quantitative estimate of drug-likeness (QED) is 0.912. The Morgan fingerprint density at radius 1 is 1.33 bits per heavy atom. The third-order valence-corrected chi connectivity index (χ3v) is 3.54. The Labute approximate surface area is 98.9 Å². The zero-order valence-electron chi connectivity index (χ0n) is 8.66. The molecular weight excluding hydrogens is 254 g/mol. The van der Waals surface area contributed by atoms with Gasteiger partial charge in [0.25, 0.3) is 0 Å². The van der Waals surface area contributed by atoms with Crippen molar-refractivity contribution >= 4 is 15.9 Å². The summed E-state index contributed by atoms with van der Waals surface area (Å²) in [5, 5.41) is 0. The van der Waals surface area contributed by atoms with Crippen LogP contribution in [-0.4, -0.2) is 12.6 Å². The van der Waals surface area contributed by atoms with Crippen molar-refractivity contribution in [1.82, 2.24) is 0 Å². The lowest BCUT2D eigenvalue weighted by molar-refractivity contribution is 0.189. The SMILES string of the molecule is NC(COc1ccc(Br)cc1)C1CCC1. The summed E-state index contributed by atoms with van der Waals surface area (Å²) in [7, 11) is 0. The van der Waals surface area contributed by atoms with E-state index in [2.05, 4.69) is 15.9 Å². The van der Waals surface area contributed by atoms with Crippen LogP contribution in [0.1, 0.15) is 19.3 Å². The molecule has 0 saturated heterocycles. The molecule has 1 aromatic rings. The predicted molar refractivity (Wildman–Crippen MR) is 65.0 cm³/mol. The number of ether oxygens (including phenoxy) is 1. The molecule has 2 rings (SSSR count). The van der Waals surface area contributed by atoms with Gasteiger partial charge in [-0.05, 0) is 43.0 Å². The molecule has 15 heavy (non-hydrogen) atoms. The Kier molecular flexibility index (Phi) is 3.65. The molecule has 0 aromatic heterocycles. The van der Waals surface area contributed by atoms with Crippen LogP contribution in [0.3, 0.4) is 0 Å². The zero-order valence-corrected chi connectivity index (χ0v) is 10.2. The Bertz CT molecular complexity index is 308. The van der Waals surface area contributed by atoms with Crippen molar-refractivity contribution < 1.29 is 4.74 Å². The van der Waals surface area contributed by atoms with Crippen molar-refractivity contribution in [3.8, 4) is 5.75 Å². The van der Waals surface area contributed by atoms with Gasteiger partial charge in [0, 0.05) is 10.5 Å². The lowest BCUT2D eigenvalue weighted by atomic mass is 9.80. The number of hydrogen-bond acceptors (Lipinski definition) is 2. The smallest absolute Gasteiger partial charge is 0.119 e. The van der Waals surface area contributed by atoms with Crippen molar-refractivity contribution in [1.29, 1.82) is 0 Å². The highest BCUT2D eigenvalue weighted by atomic mass is 79.9. The number of benzene rings is 1. The van der Waals surface area contributed by atoms with Gasteiger partial charge in [0.2, 0.25) is 0 Å². The highest BCUT2D eigenvalue weighted by molar-refractivity contribution is 9.10. The predicted octanol–water partition coefficient (Wildman–Crippen LogP) is 2.96. The molecule has 3 heteroatoms. The second-order valence-corrected chi connectivity index (χ2v) is 5.04. The maximum absolute atomic E-state index is 6.02. The summed E-state index contributed by atoms with van der Waals surface area (Å²) in [6.07, 6.45) is 3.87. The summed E-state index contributed by atoms with van der Waals surface area (Å²) in [5.74, 6) is 1.58. The van der Waals surface area contributed by atoms with Crippen molar-refractivity contribution in [2.45, 2.75) is 25.3 Å². The molecule has 1 aliphatic rings. The van der Waals surface area contributed by atoms with Gasteiger partial charge in [-0.2, -0.15) is 0 Å².